The van der Waals surface area contributed by atoms with Crippen LogP contribution in [-0.2, 0) is 24.8 Å². The molecule has 3 aromatic carbocycles. The molecule has 0 atom stereocenters. The first-order chi connectivity index (χ1) is 14.8. The first kappa shape index (κ1) is 21.6. The molecular formula is C21H22N2O6S2. The number of methoxy groups -OCH3 is 1. The molecular weight excluding hydrogens is 440 g/mol. The van der Waals surface area contributed by atoms with Gasteiger partial charge in [-0.2, -0.15) is 4.31 Å². The van der Waals surface area contributed by atoms with E-state index in [1.807, 2.05) is 6.07 Å². The van der Waals surface area contributed by atoms with Crippen LogP contribution in [0.2, 0.25) is 0 Å². The summed E-state index contributed by atoms with van der Waals surface area (Å²) in [5.41, 5.74) is 0.274. The van der Waals surface area contributed by atoms with Crippen molar-refractivity contribution in [3.8, 4) is 5.75 Å². The average Bonchev–Trinajstić information content (AvgIpc) is 2.79. The number of hydrogen-bond donors (Lipinski definition) is 1. The van der Waals surface area contributed by atoms with Crippen LogP contribution in [0.15, 0.2) is 70.5 Å². The van der Waals surface area contributed by atoms with Gasteiger partial charge in [0.05, 0.1) is 30.1 Å². The number of rotatable bonds is 6. The summed E-state index contributed by atoms with van der Waals surface area (Å²) in [6.07, 6.45) is 0. The molecule has 0 aromatic heterocycles. The highest BCUT2D eigenvalue weighted by Crippen LogP contribution is 2.26. The summed E-state index contributed by atoms with van der Waals surface area (Å²) in [6, 6.07) is 15.9. The number of nitrogens with one attached hydrogen (secondary N) is 1. The monoisotopic (exact) mass is 462 g/mol. The van der Waals surface area contributed by atoms with E-state index in [0.717, 1.165) is 10.8 Å². The molecule has 1 fully saturated rings. The Balaban J connectivity index is 1.55. The molecule has 0 spiro atoms. The predicted octanol–water partition coefficient (Wildman–Crippen LogP) is 2.67. The Morgan fingerprint density at radius 3 is 2.13 bits per heavy atom. The normalized spacial score (nSPS) is 15.6. The van der Waals surface area contributed by atoms with Gasteiger partial charge in [0.2, 0.25) is 10.0 Å². The van der Waals surface area contributed by atoms with Crippen molar-refractivity contribution >= 4 is 36.5 Å². The Morgan fingerprint density at radius 2 is 1.45 bits per heavy atom. The van der Waals surface area contributed by atoms with E-state index < -0.39 is 20.0 Å². The molecule has 3 aromatic rings. The topological polar surface area (TPSA) is 102 Å². The van der Waals surface area contributed by atoms with E-state index >= 15 is 0 Å². The summed E-state index contributed by atoms with van der Waals surface area (Å²) in [6.45, 7) is 1.31. The third-order valence-corrected chi connectivity index (χ3v) is 8.34. The maximum atomic E-state index is 12.8. The molecule has 31 heavy (non-hydrogen) atoms. The van der Waals surface area contributed by atoms with Crippen molar-refractivity contribution in [3.05, 3.63) is 60.7 Å². The second-order valence-corrected chi connectivity index (χ2v) is 10.6. The van der Waals surface area contributed by atoms with Crippen LogP contribution in [0.5, 0.6) is 5.75 Å². The highest BCUT2D eigenvalue weighted by atomic mass is 32.2. The molecule has 0 amide bonds. The zero-order chi connectivity index (χ0) is 22.1. The fourth-order valence-electron chi connectivity index (χ4n) is 3.34. The Labute approximate surface area is 181 Å². The Hall–Kier alpha value is -2.66. The number of anilines is 1. The van der Waals surface area contributed by atoms with E-state index in [2.05, 4.69) is 4.72 Å². The van der Waals surface area contributed by atoms with Gasteiger partial charge in [0, 0.05) is 18.8 Å². The second kappa shape index (κ2) is 8.46. The smallest absolute Gasteiger partial charge is 0.261 e. The Morgan fingerprint density at radius 1 is 0.839 bits per heavy atom. The first-order valence-electron chi connectivity index (χ1n) is 9.58. The standard InChI is InChI=1S/C21H22N2O6S2/c1-28-19-6-2-17-15-21(7-3-16(17)14-19)30(24,25)22-18-4-8-20(9-5-18)31(26,27)23-10-12-29-13-11-23/h2-9,14-15,22H,10-13H2,1H3. The molecule has 8 nitrogen and oxygen atoms in total. The minimum atomic E-state index is -3.85. The van der Waals surface area contributed by atoms with Gasteiger partial charge in [0.15, 0.2) is 0 Å². The summed E-state index contributed by atoms with van der Waals surface area (Å²) in [4.78, 5) is 0.215. The van der Waals surface area contributed by atoms with Gasteiger partial charge in [-0.15, -0.1) is 0 Å². The van der Waals surface area contributed by atoms with Gasteiger partial charge in [0.1, 0.15) is 5.75 Å². The van der Waals surface area contributed by atoms with Crippen molar-refractivity contribution in [3.63, 3.8) is 0 Å². The largest absolute Gasteiger partial charge is 0.497 e. The van der Waals surface area contributed by atoms with Gasteiger partial charge in [-0.3, -0.25) is 4.72 Å². The van der Waals surface area contributed by atoms with Gasteiger partial charge in [-0.05, 0) is 59.3 Å². The maximum absolute atomic E-state index is 12.8. The number of ether oxygens (including phenoxy) is 2. The number of morpholine rings is 1. The fourth-order valence-corrected chi connectivity index (χ4v) is 5.84. The second-order valence-electron chi connectivity index (χ2n) is 7.02. The molecule has 1 N–H and O–H groups in total. The van der Waals surface area contributed by atoms with Crippen LogP contribution in [0.4, 0.5) is 5.69 Å². The zero-order valence-corrected chi connectivity index (χ0v) is 18.4. The minimum Gasteiger partial charge on any atom is -0.497 e. The summed E-state index contributed by atoms with van der Waals surface area (Å²) >= 11 is 0. The fraction of sp³-hybridized carbons (Fsp3) is 0.238. The van der Waals surface area contributed by atoms with Gasteiger partial charge in [-0.1, -0.05) is 12.1 Å². The van der Waals surface area contributed by atoms with Crippen molar-refractivity contribution in [2.45, 2.75) is 9.79 Å². The molecule has 0 bridgehead atoms. The minimum absolute atomic E-state index is 0.107. The van der Waals surface area contributed by atoms with Gasteiger partial charge >= 0.3 is 0 Å². The lowest BCUT2D eigenvalue weighted by Gasteiger charge is -2.26. The quantitative estimate of drug-likeness (QED) is 0.604. The third kappa shape index (κ3) is 4.52. The van der Waals surface area contributed by atoms with Crippen LogP contribution in [0.1, 0.15) is 0 Å². The van der Waals surface area contributed by atoms with Crippen molar-refractivity contribution in [2.24, 2.45) is 0 Å². The number of hydrogen-bond acceptors (Lipinski definition) is 6. The van der Waals surface area contributed by atoms with Crippen molar-refractivity contribution in [2.75, 3.05) is 38.1 Å². The number of nitrogens with zero attached hydrogens (tertiary/aromatic N) is 1. The molecule has 0 aliphatic carbocycles. The zero-order valence-electron chi connectivity index (χ0n) is 16.8. The lowest BCUT2D eigenvalue weighted by atomic mass is 10.1. The molecule has 0 unspecified atom stereocenters. The van der Waals surface area contributed by atoms with Crippen LogP contribution in [-0.4, -0.2) is 54.6 Å². The van der Waals surface area contributed by atoms with Crippen LogP contribution in [0.3, 0.4) is 0 Å². The van der Waals surface area contributed by atoms with Crippen molar-refractivity contribution in [1.29, 1.82) is 0 Å². The molecule has 0 radical (unpaired) electrons. The van der Waals surface area contributed by atoms with Crippen LogP contribution >= 0.6 is 0 Å². The van der Waals surface area contributed by atoms with Crippen LogP contribution in [0.25, 0.3) is 10.8 Å². The Bertz CT molecular complexity index is 1300. The molecule has 1 aliphatic heterocycles. The molecule has 0 saturated carbocycles. The van der Waals surface area contributed by atoms with E-state index in [1.165, 1.54) is 34.6 Å². The maximum Gasteiger partial charge on any atom is 0.261 e. The molecule has 10 heteroatoms. The van der Waals surface area contributed by atoms with E-state index in [1.54, 1.807) is 31.4 Å². The molecule has 1 heterocycles. The molecule has 4 rings (SSSR count). The first-order valence-corrected chi connectivity index (χ1v) is 12.5. The van der Waals surface area contributed by atoms with E-state index in [0.29, 0.717) is 32.1 Å². The average molecular weight is 463 g/mol. The number of fused-ring (bicyclic) bond motifs is 1. The number of benzene rings is 3. The molecule has 164 valence electrons. The van der Waals surface area contributed by atoms with Crippen LogP contribution in [0, 0.1) is 0 Å². The third-order valence-electron chi connectivity index (χ3n) is 5.04. The molecule has 1 aliphatic rings. The predicted molar refractivity (Wildman–Crippen MR) is 117 cm³/mol. The summed E-state index contributed by atoms with van der Waals surface area (Å²) in [5.74, 6) is 0.688. The SMILES string of the molecule is COc1ccc2cc(S(=O)(=O)Nc3ccc(S(=O)(=O)N4CCOCC4)cc3)ccc2c1. The summed E-state index contributed by atoms with van der Waals surface area (Å²) < 4.78 is 65.3. The van der Waals surface area contributed by atoms with Crippen molar-refractivity contribution < 1.29 is 26.3 Å². The Kier molecular flexibility index (Phi) is 5.89. The van der Waals surface area contributed by atoms with Gasteiger partial charge in [-0.25, -0.2) is 16.8 Å². The van der Waals surface area contributed by atoms with Gasteiger partial charge < -0.3 is 9.47 Å². The summed E-state index contributed by atoms with van der Waals surface area (Å²) in [7, 11) is -5.91. The van der Waals surface area contributed by atoms with Crippen LogP contribution < -0.4 is 9.46 Å². The highest BCUT2D eigenvalue weighted by molar-refractivity contribution is 7.92. The van der Waals surface area contributed by atoms with E-state index in [4.69, 9.17) is 9.47 Å². The van der Waals surface area contributed by atoms with E-state index in [-0.39, 0.29) is 15.5 Å². The lowest BCUT2D eigenvalue weighted by Crippen LogP contribution is -2.40. The summed E-state index contributed by atoms with van der Waals surface area (Å²) in [5, 5.41) is 1.62. The highest BCUT2D eigenvalue weighted by Gasteiger charge is 2.26. The lowest BCUT2D eigenvalue weighted by molar-refractivity contribution is 0.0730. The number of sulfonamides is 2. The van der Waals surface area contributed by atoms with Gasteiger partial charge in [0.25, 0.3) is 10.0 Å². The van der Waals surface area contributed by atoms with Crippen molar-refractivity contribution in [1.82, 2.24) is 4.31 Å². The van der Waals surface area contributed by atoms with E-state index in [9.17, 15) is 16.8 Å². The molecule has 1 saturated heterocycles.